The molecule has 2 heterocycles. The molecule has 1 aromatic carbocycles. The first-order valence-corrected chi connectivity index (χ1v) is 10.3. The second kappa shape index (κ2) is 7.89. The minimum absolute atomic E-state index is 0.00182. The quantitative estimate of drug-likeness (QED) is 0.575. The van der Waals surface area contributed by atoms with E-state index >= 15 is 0 Å². The first-order valence-electron chi connectivity index (χ1n) is 10.3. The third-order valence-corrected chi connectivity index (χ3v) is 6.23. The van der Waals surface area contributed by atoms with Gasteiger partial charge in [-0.1, -0.05) is 12.1 Å². The number of piperidine rings is 1. The Hall–Kier alpha value is -2.83. The van der Waals surface area contributed by atoms with Gasteiger partial charge in [0.05, 0.1) is 10.8 Å². The topological polar surface area (TPSA) is 92.9 Å². The van der Waals surface area contributed by atoms with Gasteiger partial charge in [-0.3, -0.25) is 24.7 Å². The lowest BCUT2D eigenvalue weighted by Crippen LogP contribution is -2.46. The van der Waals surface area contributed by atoms with Crippen LogP contribution in [0.1, 0.15) is 56.9 Å². The molecule has 29 heavy (non-hydrogen) atoms. The van der Waals surface area contributed by atoms with E-state index in [9.17, 15) is 19.7 Å². The summed E-state index contributed by atoms with van der Waals surface area (Å²) in [5.74, 6) is -0.901. The average molecular weight is 395 g/mol. The van der Waals surface area contributed by atoms with Crippen LogP contribution in [0.15, 0.2) is 40.5 Å². The smallest absolute Gasteiger partial charge is 0.269 e. The van der Waals surface area contributed by atoms with Gasteiger partial charge in [-0.2, -0.15) is 0 Å². The number of ketones is 1. The van der Waals surface area contributed by atoms with Gasteiger partial charge in [0.2, 0.25) is 5.91 Å². The van der Waals surface area contributed by atoms with E-state index in [4.69, 9.17) is 4.99 Å². The zero-order chi connectivity index (χ0) is 20.5. The van der Waals surface area contributed by atoms with Crippen molar-refractivity contribution in [2.24, 2.45) is 10.9 Å². The maximum atomic E-state index is 13.5. The number of hydrogen-bond acceptors (Lipinski definition) is 5. The zero-order valence-electron chi connectivity index (χ0n) is 16.6. The van der Waals surface area contributed by atoms with Gasteiger partial charge in [0.25, 0.3) is 5.69 Å². The van der Waals surface area contributed by atoms with Crippen LogP contribution in [0.3, 0.4) is 0 Å². The van der Waals surface area contributed by atoms with Crippen LogP contribution in [-0.4, -0.2) is 40.3 Å². The molecule has 1 aromatic rings. The number of hydrogen-bond donors (Lipinski definition) is 0. The largest absolute Gasteiger partial charge is 0.342 e. The van der Waals surface area contributed by atoms with Crippen molar-refractivity contribution in [2.45, 2.75) is 51.4 Å². The van der Waals surface area contributed by atoms with E-state index in [2.05, 4.69) is 0 Å². The summed E-state index contributed by atoms with van der Waals surface area (Å²) < 4.78 is 0. The van der Waals surface area contributed by atoms with Gasteiger partial charge in [-0.25, -0.2) is 0 Å². The van der Waals surface area contributed by atoms with Crippen LogP contribution in [-0.2, 0) is 9.59 Å². The Labute approximate surface area is 169 Å². The van der Waals surface area contributed by atoms with Crippen LogP contribution < -0.4 is 0 Å². The summed E-state index contributed by atoms with van der Waals surface area (Å²) in [7, 11) is 0. The summed E-state index contributed by atoms with van der Waals surface area (Å²) in [6.45, 7) is 3.33. The molecule has 0 bridgehead atoms. The van der Waals surface area contributed by atoms with Gasteiger partial charge >= 0.3 is 0 Å². The summed E-state index contributed by atoms with van der Waals surface area (Å²) in [5, 5.41) is 11.1. The highest BCUT2D eigenvalue weighted by Gasteiger charge is 2.43. The van der Waals surface area contributed by atoms with E-state index in [0.717, 1.165) is 62.2 Å². The Kier molecular flexibility index (Phi) is 5.30. The van der Waals surface area contributed by atoms with Crippen molar-refractivity contribution in [3.05, 3.63) is 51.2 Å². The molecule has 1 unspecified atom stereocenters. The lowest BCUT2D eigenvalue weighted by molar-refractivity contribution is -0.384. The van der Waals surface area contributed by atoms with Crippen LogP contribution in [0.4, 0.5) is 5.69 Å². The molecule has 1 amide bonds. The number of benzene rings is 1. The van der Waals surface area contributed by atoms with Crippen molar-refractivity contribution in [1.29, 1.82) is 0 Å². The molecule has 7 heteroatoms. The molecule has 0 saturated carbocycles. The van der Waals surface area contributed by atoms with Crippen molar-refractivity contribution in [1.82, 2.24) is 4.90 Å². The van der Waals surface area contributed by atoms with Crippen LogP contribution in [0.2, 0.25) is 0 Å². The minimum atomic E-state index is -0.532. The van der Waals surface area contributed by atoms with Crippen LogP contribution in [0, 0.1) is 16.0 Å². The van der Waals surface area contributed by atoms with Gasteiger partial charge in [0, 0.05) is 54.5 Å². The van der Waals surface area contributed by atoms with E-state index in [1.807, 2.05) is 11.8 Å². The molecule has 3 aliphatic rings. The number of nitrogens with zero attached hydrogens (tertiary/aromatic N) is 3. The molecule has 4 rings (SSSR count). The first kappa shape index (κ1) is 19.5. The fourth-order valence-electron chi connectivity index (χ4n) is 4.80. The van der Waals surface area contributed by atoms with Crippen LogP contribution >= 0.6 is 0 Å². The number of allylic oxidation sites excluding steroid dienone is 2. The molecule has 152 valence electrons. The predicted molar refractivity (Wildman–Crippen MR) is 109 cm³/mol. The third-order valence-electron chi connectivity index (χ3n) is 6.23. The van der Waals surface area contributed by atoms with Gasteiger partial charge in [0.15, 0.2) is 5.78 Å². The molecule has 7 nitrogen and oxygen atoms in total. The molecule has 1 aliphatic carbocycles. The van der Waals surface area contributed by atoms with Gasteiger partial charge < -0.3 is 4.90 Å². The lowest BCUT2D eigenvalue weighted by Gasteiger charge is -2.38. The monoisotopic (exact) mass is 395 g/mol. The summed E-state index contributed by atoms with van der Waals surface area (Å²) in [6.07, 6.45) is 5.06. The number of carbonyl (C=O) groups is 2. The first-order chi connectivity index (χ1) is 14.0. The Morgan fingerprint density at radius 2 is 1.79 bits per heavy atom. The number of Topliss-reactive ketones (excluding diaryl/α,β-unsaturated/α-hetero) is 1. The van der Waals surface area contributed by atoms with Gasteiger partial charge in [0.1, 0.15) is 0 Å². The van der Waals surface area contributed by atoms with Gasteiger partial charge in [-0.15, -0.1) is 0 Å². The molecular weight excluding hydrogens is 370 g/mol. The maximum absolute atomic E-state index is 13.5. The molecular formula is C22H25N3O4. The number of likely N-dealkylation sites (tertiary alicyclic amines) is 1. The fourth-order valence-corrected chi connectivity index (χ4v) is 4.80. The average Bonchev–Trinajstić information content (AvgIpc) is 2.73. The molecule has 2 atom stereocenters. The highest BCUT2D eigenvalue weighted by atomic mass is 16.6. The number of non-ortho nitro benzene ring substituents is 1. The Bertz CT molecular complexity index is 910. The van der Waals surface area contributed by atoms with E-state index in [1.165, 1.54) is 12.1 Å². The second-order valence-electron chi connectivity index (χ2n) is 8.08. The van der Waals surface area contributed by atoms with E-state index < -0.39 is 16.8 Å². The van der Waals surface area contributed by atoms with Gasteiger partial charge in [-0.05, 0) is 44.6 Å². The summed E-state index contributed by atoms with van der Waals surface area (Å²) >= 11 is 0. The van der Waals surface area contributed by atoms with E-state index in [1.54, 1.807) is 12.1 Å². The number of aliphatic imine (C=N–C) groups is 1. The second-order valence-corrected chi connectivity index (χ2v) is 8.08. The molecule has 0 N–H and O–H groups in total. The molecule has 0 aromatic heterocycles. The van der Waals surface area contributed by atoms with Crippen molar-refractivity contribution in [2.75, 3.05) is 13.1 Å². The molecule has 2 aliphatic heterocycles. The SMILES string of the molecule is CC1=NC2=C(C(=O)CCC2)[C@@H](c2ccc([N+](=O)[O-])cc2)C1C(=O)N1CCCCC1. The van der Waals surface area contributed by atoms with E-state index in [-0.39, 0.29) is 17.4 Å². The Balaban J connectivity index is 1.78. The molecule has 0 spiro atoms. The Morgan fingerprint density at radius 3 is 2.45 bits per heavy atom. The number of carbonyl (C=O) groups excluding carboxylic acids is 2. The highest BCUT2D eigenvalue weighted by Crippen LogP contribution is 2.44. The number of rotatable bonds is 3. The number of amides is 1. The third kappa shape index (κ3) is 3.61. The molecule has 1 saturated heterocycles. The summed E-state index contributed by atoms with van der Waals surface area (Å²) in [4.78, 5) is 43.6. The van der Waals surface area contributed by atoms with Crippen LogP contribution in [0.25, 0.3) is 0 Å². The van der Waals surface area contributed by atoms with Crippen molar-refractivity contribution in [3.8, 4) is 0 Å². The van der Waals surface area contributed by atoms with Crippen molar-refractivity contribution >= 4 is 23.1 Å². The number of nitro benzene ring substituents is 1. The maximum Gasteiger partial charge on any atom is 0.269 e. The van der Waals surface area contributed by atoms with E-state index in [0.29, 0.717) is 12.0 Å². The number of nitro groups is 1. The zero-order valence-corrected chi connectivity index (χ0v) is 16.6. The molecule has 0 radical (unpaired) electrons. The summed E-state index contributed by atoms with van der Waals surface area (Å²) in [5.41, 5.74) is 2.91. The lowest BCUT2D eigenvalue weighted by atomic mass is 9.71. The highest BCUT2D eigenvalue weighted by molar-refractivity contribution is 6.10. The Morgan fingerprint density at radius 1 is 1.10 bits per heavy atom. The van der Waals surface area contributed by atoms with Crippen molar-refractivity contribution in [3.63, 3.8) is 0 Å². The normalized spacial score (nSPS) is 24.8. The standard InChI is InChI=1S/C22H25N3O4/c1-14-19(22(27)24-12-3-2-4-13-24)20(15-8-10-16(11-9-15)25(28)29)21-17(23-14)6-5-7-18(21)26/h8-11,19-20H,2-7,12-13H2,1H3/t19?,20-/m0/s1. The summed E-state index contributed by atoms with van der Waals surface area (Å²) in [6, 6.07) is 6.27. The minimum Gasteiger partial charge on any atom is -0.342 e. The van der Waals surface area contributed by atoms with Crippen LogP contribution in [0.5, 0.6) is 0 Å². The van der Waals surface area contributed by atoms with Crippen molar-refractivity contribution < 1.29 is 14.5 Å². The molecule has 1 fully saturated rings. The predicted octanol–water partition coefficient (Wildman–Crippen LogP) is 3.79. The fraction of sp³-hybridized carbons (Fsp3) is 0.500.